The summed E-state index contributed by atoms with van der Waals surface area (Å²) in [5.74, 6) is 0.935. The van der Waals surface area contributed by atoms with Crippen molar-refractivity contribution in [2.24, 2.45) is 0 Å². The van der Waals surface area contributed by atoms with Crippen LogP contribution in [0.5, 0.6) is 0 Å². The number of allylic oxidation sites excluding steroid dienone is 3. The third-order valence-corrected chi connectivity index (χ3v) is 1.74. The second-order valence-electron chi connectivity index (χ2n) is 3.73. The lowest BCUT2D eigenvalue weighted by molar-refractivity contribution is -0.0242. The fraction of sp³-hybridized carbons (Fsp3) is 0.545. The van der Waals surface area contributed by atoms with Crippen LogP contribution in [-0.4, -0.2) is 19.3 Å². The molecule has 0 amide bonds. The molecular formula is C11H17O2. The summed E-state index contributed by atoms with van der Waals surface area (Å²) in [6.45, 7) is 4.63. The maximum atomic E-state index is 5.75. The molecule has 0 unspecified atom stereocenters. The zero-order valence-electron chi connectivity index (χ0n) is 8.54. The summed E-state index contributed by atoms with van der Waals surface area (Å²) in [4.78, 5) is 0. The normalized spacial score (nSPS) is 17.0. The van der Waals surface area contributed by atoms with Crippen LogP contribution < -0.4 is 0 Å². The van der Waals surface area contributed by atoms with E-state index >= 15 is 0 Å². The van der Waals surface area contributed by atoms with E-state index in [9.17, 15) is 0 Å². The molecule has 0 aromatic heterocycles. The molecule has 0 aromatic carbocycles. The summed E-state index contributed by atoms with van der Waals surface area (Å²) in [5.41, 5.74) is -0.248. The average Bonchev–Trinajstić information content (AvgIpc) is 2.04. The van der Waals surface area contributed by atoms with Crippen LogP contribution in [0, 0.1) is 6.42 Å². The van der Waals surface area contributed by atoms with Crippen LogP contribution in [0.2, 0.25) is 0 Å². The van der Waals surface area contributed by atoms with Crippen molar-refractivity contribution in [2.45, 2.75) is 25.9 Å². The highest BCUT2D eigenvalue weighted by molar-refractivity contribution is 5.22. The molecule has 0 atom stereocenters. The van der Waals surface area contributed by atoms with E-state index in [-0.39, 0.29) is 5.60 Å². The van der Waals surface area contributed by atoms with Gasteiger partial charge in [-0.05, 0) is 38.8 Å². The molecule has 0 fully saturated rings. The van der Waals surface area contributed by atoms with E-state index in [0.717, 1.165) is 12.2 Å². The van der Waals surface area contributed by atoms with Crippen LogP contribution in [0.3, 0.4) is 0 Å². The van der Waals surface area contributed by atoms with Gasteiger partial charge in [0.25, 0.3) is 0 Å². The highest BCUT2D eigenvalue weighted by atomic mass is 16.5. The first-order chi connectivity index (χ1) is 6.14. The Labute approximate surface area is 80.2 Å². The van der Waals surface area contributed by atoms with Crippen LogP contribution in [-0.2, 0) is 9.47 Å². The van der Waals surface area contributed by atoms with Crippen molar-refractivity contribution in [3.8, 4) is 0 Å². The Balaban J connectivity index is 2.46. The van der Waals surface area contributed by atoms with Gasteiger partial charge < -0.3 is 9.47 Å². The molecule has 1 aliphatic rings. The molecule has 73 valence electrons. The first-order valence-corrected chi connectivity index (χ1v) is 4.52. The van der Waals surface area contributed by atoms with Gasteiger partial charge in [0, 0.05) is 7.11 Å². The molecule has 0 aromatic rings. The minimum Gasteiger partial charge on any atom is -0.486 e. The average molecular weight is 181 g/mol. The summed E-state index contributed by atoms with van der Waals surface area (Å²) in [6, 6.07) is 0. The summed E-state index contributed by atoms with van der Waals surface area (Å²) >= 11 is 0. The summed E-state index contributed by atoms with van der Waals surface area (Å²) < 4.78 is 10.8. The Morgan fingerprint density at radius 2 is 2.23 bits per heavy atom. The molecule has 0 spiro atoms. The van der Waals surface area contributed by atoms with E-state index < -0.39 is 0 Å². The minimum absolute atomic E-state index is 0.248. The lowest BCUT2D eigenvalue weighted by atomic mass is 10.1. The molecule has 2 heteroatoms. The van der Waals surface area contributed by atoms with Crippen molar-refractivity contribution in [3.05, 3.63) is 30.4 Å². The number of hydrogen-bond acceptors (Lipinski definition) is 2. The van der Waals surface area contributed by atoms with Crippen molar-refractivity contribution >= 4 is 0 Å². The van der Waals surface area contributed by atoms with Crippen LogP contribution in [0.25, 0.3) is 0 Å². The maximum Gasteiger partial charge on any atom is 0.127 e. The fourth-order valence-electron chi connectivity index (χ4n) is 1.27. The number of ether oxygens (including phenoxy) is 2. The van der Waals surface area contributed by atoms with E-state index in [1.54, 1.807) is 7.11 Å². The molecule has 0 N–H and O–H groups in total. The fourth-order valence-corrected chi connectivity index (χ4v) is 1.27. The number of hydrogen-bond donors (Lipinski definition) is 0. The first-order valence-electron chi connectivity index (χ1n) is 4.52. The minimum atomic E-state index is -0.248. The monoisotopic (exact) mass is 181 g/mol. The molecule has 0 saturated carbocycles. The van der Waals surface area contributed by atoms with Crippen LogP contribution in [0.1, 0.15) is 20.3 Å². The zero-order chi connectivity index (χ0) is 9.73. The summed E-state index contributed by atoms with van der Waals surface area (Å²) in [7, 11) is 1.68. The van der Waals surface area contributed by atoms with Gasteiger partial charge in [0.1, 0.15) is 11.4 Å². The molecule has 0 saturated heterocycles. The predicted octanol–water partition coefficient (Wildman–Crippen LogP) is 2.48. The van der Waals surface area contributed by atoms with Gasteiger partial charge in [-0.1, -0.05) is 6.08 Å². The highest BCUT2D eigenvalue weighted by Gasteiger charge is 2.20. The maximum absolute atomic E-state index is 5.75. The second kappa shape index (κ2) is 4.47. The van der Waals surface area contributed by atoms with Gasteiger partial charge >= 0.3 is 0 Å². The zero-order valence-corrected chi connectivity index (χ0v) is 8.54. The Hall–Kier alpha value is -0.760. The third-order valence-electron chi connectivity index (χ3n) is 1.74. The van der Waals surface area contributed by atoms with Gasteiger partial charge in [-0.2, -0.15) is 0 Å². The van der Waals surface area contributed by atoms with Crippen LogP contribution >= 0.6 is 0 Å². The van der Waals surface area contributed by atoms with Gasteiger partial charge in [-0.25, -0.2) is 0 Å². The van der Waals surface area contributed by atoms with Gasteiger partial charge in [-0.15, -0.1) is 0 Å². The van der Waals surface area contributed by atoms with Crippen molar-refractivity contribution < 1.29 is 9.47 Å². The van der Waals surface area contributed by atoms with Crippen LogP contribution in [0.15, 0.2) is 24.0 Å². The predicted molar refractivity (Wildman–Crippen MR) is 53.2 cm³/mol. The lowest BCUT2D eigenvalue weighted by Crippen LogP contribution is -2.29. The largest absolute Gasteiger partial charge is 0.486 e. The van der Waals surface area contributed by atoms with E-state index in [2.05, 4.69) is 12.5 Å². The Morgan fingerprint density at radius 3 is 2.77 bits per heavy atom. The Morgan fingerprint density at radius 1 is 1.46 bits per heavy atom. The number of methoxy groups -OCH3 is 1. The SMILES string of the molecule is COCC(C)(C)OC1=CC[CH]C=C1. The second-order valence-corrected chi connectivity index (χ2v) is 3.73. The Kier molecular flexibility index (Phi) is 3.55. The molecule has 0 bridgehead atoms. The quantitative estimate of drug-likeness (QED) is 0.663. The topological polar surface area (TPSA) is 18.5 Å². The molecule has 1 aliphatic carbocycles. The van der Waals surface area contributed by atoms with Gasteiger partial charge in [0.15, 0.2) is 0 Å². The highest BCUT2D eigenvalue weighted by Crippen LogP contribution is 2.19. The molecule has 1 rings (SSSR count). The van der Waals surface area contributed by atoms with Gasteiger partial charge in [-0.3, -0.25) is 0 Å². The van der Waals surface area contributed by atoms with Gasteiger partial charge in [0.05, 0.1) is 6.61 Å². The Bertz CT molecular complexity index is 214. The molecule has 2 nitrogen and oxygen atoms in total. The third kappa shape index (κ3) is 3.64. The molecule has 0 aliphatic heterocycles. The molecule has 13 heavy (non-hydrogen) atoms. The van der Waals surface area contributed by atoms with Crippen LogP contribution in [0.4, 0.5) is 0 Å². The summed E-state index contributed by atoms with van der Waals surface area (Å²) in [6.07, 6.45) is 9.10. The molecular weight excluding hydrogens is 164 g/mol. The van der Waals surface area contributed by atoms with Gasteiger partial charge in [0.2, 0.25) is 0 Å². The van der Waals surface area contributed by atoms with E-state index in [1.807, 2.05) is 26.0 Å². The molecule has 0 heterocycles. The van der Waals surface area contributed by atoms with E-state index in [0.29, 0.717) is 6.61 Å². The van der Waals surface area contributed by atoms with Crippen molar-refractivity contribution in [1.82, 2.24) is 0 Å². The lowest BCUT2D eigenvalue weighted by Gasteiger charge is -2.26. The smallest absolute Gasteiger partial charge is 0.127 e. The first kappa shape index (κ1) is 10.3. The standard InChI is InChI=1S/C11H17O2/c1-11(2,9-12-3)13-10-7-5-4-6-8-10/h4-5,7-8H,6,9H2,1-3H3. The van der Waals surface area contributed by atoms with Crippen molar-refractivity contribution in [3.63, 3.8) is 0 Å². The summed E-state index contributed by atoms with van der Waals surface area (Å²) in [5, 5.41) is 0. The van der Waals surface area contributed by atoms with Crippen molar-refractivity contribution in [1.29, 1.82) is 0 Å². The molecule has 1 radical (unpaired) electrons. The number of rotatable bonds is 4. The van der Waals surface area contributed by atoms with E-state index in [1.165, 1.54) is 0 Å². The van der Waals surface area contributed by atoms with Crippen molar-refractivity contribution in [2.75, 3.05) is 13.7 Å². The van der Waals surface area contributed by atoms with E-state index in [4.69, 9.17) is 9.47 Å².